The Labute approximate surface area is 146 Å². The number of anilines is 1. The van der Waals surface area contributed by atoms with Gasteiger partial charge in [-0.05, 0) is 13.8 Å². The molecule has 9 nitrogen and oxygen atoms in total. The molecule has 3 heterocycles. The molecule has 0 unspecified atom stereocenters. The highest BCUT2D eigenvalue weighted by Gasteiger charge is 2.40. The maximum absolute atomic E-state index is 10.1. The van der Waals surface area contributed by atoms with Crippen molar-refractivity contribution in [2.45, 2.75) is 64.4 Å². The van der Waals surface area contributed by atoms with E-state index in [1.807, 2.05) is 0 Å². The first kappa shape index (κ1) is 18.0. The number of fused-ring (bicyclic) bond motifs is 1. The Kier molecular flexibility index (Phi) is 4.92. The van der Waals surface area contributed by atoms with Crippen LogP contribution in [0.25, 0.3) is 11.2 Å². The standard InChI is InChI=1S/C16H26N6O3/c1-9(2)18-6-10-5-11(25-16(3,4)23)15(24-10)22-8-21-12-13(17)19-7-20-14(12)22/h7-11,15,18,23H,5-6H2,1-4H3,(H2,17,19,20)/t10-,11+,15+/m0/s1. The molecule has 0 aromatic carbocycles. The SMILES string of the molecule is CC(C)NC[C@@H]1C[C@@H](OC(C)(C)O)[C@H](n2cnc3c(N)ncnc32)O1. The van der Waals surface area contributed by atoms with Gasteiger partial charge in [-0.3, -0.25) is 4.57 Å². The minimum absolute atomic E-state index is 0.0450. The van der Waals surface area contributed by atoms with Gasteiger partial charge in [0.2, 0.25) is 0 Å². The second kappa shape index (κ2) is 6.83. The topological polar surface area (TPSA) is 120 Å². The Hall–Kier alpha value is -1.81. The predicted molar refractivity (Wildman–Crippen MR) is 92.6 cm³/mol. The van der Waals surface area contributed by atoms with E-state index in [1.165, 1.54) is 6.33 Å². The van der Waals surface area contributed by atoms with Crippen molar-refractivity contribution < 1.29 is 14.6 Å². The van der Waals surface area contributed by atoms with Crippen molar-refractivity contribution in [1.82, 2.24) is 24.8 Å². The third-order valence-electron chi connectivity index (χ3n) is 4.00. The smallest absolute Gasteiger partial charge is 0.167 e. The highest BCUT2D eigenvalue weighted by atomic mass is 16.7. The summed E-state index contributed by atoms with van der Waals surface area (Å²) in [4.78, 5) is 12.5. The molecule has 4 N–H and O–H groups in total. The lowest BCUT2D eigenvalue weighted by Crippen LogP contribution is -2.34. The first-order chi connectivity index (χ1) is 11.7. The molecule has 1 aliphatic rings. The van der Waals surface area contributed by atoms with Crippen molar-refractivity contribution in [3.8, 4) is 0 Å². The van der Waals surface area contributed by atoms with E-state index in [0.717, 1.165) is 0 Å². The van der Waals surface area contributed by atoms with Gasteiger partial charge in [-0.2, -0.15) is 0 Å². The van der Waals surface area contributed by atoms with Gasteiger partial charge in [-0.15, -0.1) is 0 Å². The fourth-order valence-electron chi connectivity index (χ4n) is 2.99. The number of aromatic nitrogens is 4. The first-order valence-electron chi connectivity index (χ1n) is 8.46. The third-order valence-corrected chi connectivity index (χ3v) is 4.00. The lowest BCUT2D eigenvalue weighted by molar-refractivity contribution is -0.222. The second-order valence-electron chi connectivity index (χ2n) is 7.13. The van der Waals surface area contributed by atoms with E-state index >= 15 is 0 Å². The van der Waals surface area contributed by atoms with Crippen LogP contribution in [0, 0.1) is 0 Å². The fourth-order valence-corrected chi connectivity index (χ4v) is 2.99. The number of hydrogen-bond acceptors (Lipinski definition) is 8. The Bertz CT molecular complexity index is 726. The molecule has 1 fully saturated rings. The minimum Gasteiger partial charge on any atom is -0.382 e. The molecular formula is C16H26N6O3. The van der Waals surface area contributed by atoms with Crippen LogP contribution in [0.15, 0.2) is 12.7 Å². The lowest BCUT2D eigenvalue weighted by atomic mass is 10.1. The normalized spacial score (nSPS) is 24.5. The maximum Gasteiger partial charge on any atom is 0.167 e. The van der Waals surface area contributed by atoms with Gasteiger partial charge in [-0.1, -0.05) is 13.8 Å². The first-order valence-corrected chi connectivity index (χ1v) is 8.46. The number of nitrogens with two attached hydrogens (primary N) is 1. The van der Waals surface area contributed by atoms with Crippen LogP contribution in [0.1, 0.15) is 40.3 Å². The Balaban J connectivity index is 1.88. The van der Waals surface area contributed by atoms with Crippen LogP contribution in [0.4, 0.5) is 5.82 Å². The molecule has 3 atom stereocenters. The fraction of sp³-hybridized carbons (Fsp3) is 0.688. The van der Waals surface area contributed by atoms with Gasteiger partial charge in [0, 0.05) is 19.0 Å². The maximum atomic E-state index is 10.1. The van der Waals surface area contributed by atoms with Crippen molar-refractivity contribution in [2.24, 2.45) is 0 Å². The van der Waals surface area contributed by atoms with Crippen LogP contribution in [-0.4, -0.2) is 55.2 Å². The molecule has 1 aliphatic heterocycles. The molecule has 0 bridgehead atoms. The van der Waals surface area contributed by atoms with E-state index in [4.69, 9.17) is 15.2 Å². The van der Waals surface area contributed by atoms with Crippen LogP contribution < -0.4 is 11.1 Å². The number of nitrogens with zero attached hydrogens (tertiary/aromatic N) is 4. The number of rotatable bonds is 6. The van der Waals surface area contributed by atoms with Crippen LogP contribution in [-0.2, 0) is 9.47 Å². The van der Waals surface area contributed by atoms with E-state index in [-0.39, 0.29) is 12.2 Å². The Morgan fingerprint density at radius 1 is 1.44 bits per heavy atom. The van der Waals surface area contributed by atoms with Crippen LogP contribution in [0.5, 0.6) is 0 Å². The van der Waals surface area contributed by atoms with E-state index in [1.54, 1.807) is 24.7 Å². The van der Waals surface area contributed by atoms with Gasteiger partial charge < -0.3 is 25.6 Å². The average molecular weight is 350 g/mol. The van der Waals surface area contributed by atoms with Crippen molar-refractivity contribution in [3.63, 3.8) is 0 Å². The summed E-state index contributed by atoms with van der Waals surface area (Å²) in [6, 6.07) is 0.359. The molecule has 2 aromatic heterocycles. The minimum atomic E-state index is -1.27. The van der Waals surface area contributed by atoms with Gasteiger partial charge >= 0.3 is 0 Å². The zero-order valence-electron chi connectivity index (χ0n) is 15.0. The van der Waals surface area contributed by atoms with Crippen LogP contribution in [0.3, 0.4) is 0 Å². The van der Waals surface area contributed by atoms with E-state index in [9.17, 15) is 5.11 Å². The van der Waals surface area contributed by atoms with Crippen LogP contribution in [0.2, 0.25) is 0 Å². The highest BCUT2D eigenvalue weighted by molar-refractivity contribution is 5.81. The molecule has 0 radical (unpaired) electrons. The van der Waals surface area contributed by atoms with Crippen molar-refractivity contribution >= 4 is 17.0 Å². The summed E-state index contributed by atoms with van der Waals surface area (Å²) in [7, 11) is 0. The number of aliphatic hydroxyl groups is 1. The molecule has 0 spiro atoms. The van der Waals surface area contributed by atoms with Gasteiger partial charge in [0.25, 0.3) is 0 Å². The van der Waals surface area contributed by atoms with Crippen molar-refractivity contribution in [2.75, 3.05) is 12.3 Å². The molecule has 0 amide bonds. The van der Waals surface area contributed by atoms with E-state index < -0.39 is 12.0 Å². The van der Waals surface area contributed by atoms with E-state index in [0.29, 0.717) is 36.0 Å². The van der Waals surface area contributed by atoms with Crippen LogP contribution >= 0.6 is 0 Å². The van der Waals surface area contributed by atoms with Gasteiger partial charge in [0.05, 0.1) is 12.4 Å². The monoisotopic (exact) mass is 350 g/mol. The zero-order chi connectivity index (χ0) is 18.2. The molecule has 2 aromatic rings. The third kappa shape index (κ3) is 4.06. The summed E-state index contributed by atoms with van der Waals surface area (Å²) < 4.78 is 13.8. The molecule has 9 heteroatoms. The van der Waals surface area contributed by atoms with E-state index in [2.05, 4.69) is 34.1 Å². The lowest BCUT2D eigenvalue weighted by Gasteiger charge is -2.27. The molecule has 3 rings (SSSR count). The number of nitrogen functional groups attached to an aromatic ring is 1. The summed E-state index contributed by atoms with van der Waals surface area (Å²) in [5.41, 5.74) is 6.97. The largest absolute Gasteiger partial charge is 0.382 e. The molecule has 0 aliphatic carbocycles. The average Bonchev–Trinajstić information content (AvgIpc) is 3.08. The highest BCUT2D eigenvalue weighted by Crippen LogP contribution is 2.35. The Morgan fingerprint density at radius 2 is 2.20 bits per heavy atom. The summed E-state index contributed by atoms with van der Waals surface area (Å²) >= 11 is 0. The predicted octanol–water partition coefficient (Wildman–Crippen LogP) is 0.808. The zero-order valence-corrected chi connectivity index (χ0v) is 15.0. The molecule has 138 valence electrons. The number of nitrogens with one attached hydrogen (secondary N) is 1. The summed E-state index contributed by atoms with van der Waals surface area (Å²) in [6.07, 6.45) is 2.83. The summed E-state index contributed by atoms with van der Waals surface area (Å²) in [6.45, 7) is 8.08. The van der Waals surface area contributed by atoms with Gasteiger partial charge in [0.1, 0.15) is 17.9 Å². The van der Waals surface area contributed by atoms with Gasteiger partial charge in [0.15, 0.2) is 23.5 Å². The van der Waals surface area contributed by atoms with Crippen molar-refractivity contribution in [1.29, 1.82) is 0 Å². The number of hydrogen-bond donors (Lipinski definition) is 3. The summed E-state index contributed by atoms with van der Waals surface area (Å²) in [5, 5.41) is 13.5. The summed E-state index contributed by atoms with van der Waals surface area (Å²) in [5.74, 6) is -0.948. The quantitative estimate of drug-likeness (QED) is 0.655. The van der Waals surface area contributed by atoms with Gasteiger partial charge in [-0.25, -0.2) is 15.0 Å². The van der Waals surface area contributed by atoms with Crippen molar-refractivity contribution in [3.05, 3.63) is 12.7 Å². The molecule has 1 saturated heterocycles. The number of imidazole rings is 1. The molecule has 0 saturated carbocycles. The Morgan fingerprint density at radius 3 is 2.88 bits per heavy atom. The second-order valence-corrected chi connectivity index (χ2v) is 7.13. The molecular weight excluding hydrogens is 324 g/mol. The molecule has 25 heavy (non-hydrogen) atoms. The number of ether oxygens (including phenoxy) is 2.